The number of rotatable bonds is 2. The topological polar surface area (TPSA) is 85.8 Å². The first kappa shape index (κ1) is 14.1. The molecule has 0 unspecified atom stereocenters. The zero-order valence-corrected chi connectivity index (χ0v) is 13.0. The maximum Gasteiger partial charge on any atom is 0.241 e. The molecule has 2 aromatic rings. The minimum Gasteiger partial charge on any atom is -0.368 e. The summed E-state index contributed by atoms with van der Waals surface area (Å²) in [5.74, 6) is 2.44. The Morgan fingerprint density at radius 3 is 2.76 bits per heavy atom. The highest BCUT2D eigenvalue weighted by Crippen LogP contribution is 2.31. The maximum atomic E-state index is 5.84. The van der Waals surface area contributed by atoms with Gasteiger partial charge in [-0.25, -0.2) is 4.98 Å². The second-order valence-electron chi connectivity index (χ2n) is 5.61. The van der Waals surface area contributed by atoms with E-state index in [0.29, 0.717) is 16.6 Å². The molecule has 0 radical (unpaired) electrons. The second kappa shape index (κ2) is 5.51. The van der Waals surface area contributed by atoms with Gasteiger partial charge in [0.1, 0.15) is 6.33 Å². The van der Waals surface area contributed by atoms with Crippen molar-refractivity contribution in [2.75, 3.05) is 29.5 Å². The molecule has 1 aliphatic rings. The van der Waals surface area contributed by atoms with Crippen LogP contribution in [0.15, 0.2) is 18.7 Å². The van der Waals surface area contributed by atoms with E-state index in [1.54, 1.807) is 23.3 Å². The Bertz CT molecular complexity index is 611. The summed E-state index contributed by atoms with van der Waals surface area (Å²) >= 11 is 1.99. The molecular weight excluding hydrogens is 286 g/mol. The molecule has 0 spiro atoms. The predicted octanol–water partition coefficient (Wildman–Crippen LogP) is 1.36. The van der Waals surface area contributed by atoms with Crippen LogP contribution in [0.2, 0.25) is 0 Å². The average molecular weight is 305 g/mol. The highest BCUT2D eigenvalue weighted by Gasteiger charge is 2.25. The molecule has 3 heterocycles. The number of thioether (sulfide) groups is 1. The van der Waals surface area contributed by atoms with Gasteiger partial charge in [-0.3, -0.25) is 4.57 Å². The molecule has 0 saturated carbocycles. The summed E-state index contributed by atoms with van der Waals surface area (Å²) in [5, 5.41) is 0. The summed E-state index contributed by atoms with van der Waals surface area (Å²) in [5.41, 5.74) is 5.84. The highest BCUT2D eigenvalue weighted by molar-refractivity contribution is 8.00. The van der Waals surface area contributed by atoms with Gasteiger partial charge >= 0.3 is 0 Å². The van der Waals surface area contributed by atoms with Crippen LogP contribution < -0.4 is 10.6 Å². The van der Waals surface area contributed by atoms with Gasteiger partial charge in [-0.2, -0.15) is 26.7 Å². The number of nitrogen functional groups attached to an aromatic ring is 1. The molecule has 21 heavy (non-hydrogen) atoms. The first-order valence-corrected chi connectivity index (χ1v) is 7.91. The molecule has 7 nitrogen and oxygen atoms in total. The summed E-state index contributed by atoms with van der Waals surface area (Å²) in [6.45, 7) is 6.40. The van der Waals surface area contributed by atoms with Crippen molar-refractivity contribution in [2.24, 2.45) is 0 Å². The average Bonchev–Trinajstić information content (AvgIpc) is 2.89. The van der Waals surface area contributed by atoms with Crippen molar-refractivity contribution in [3.05, 3.63) is 18.7 Å². The minimum atomic E-state index is 0.236. The van der Waals surface area contributed by atoms with Crippen molar-refractivity contribution in [2.45, 2.75) is 25.0 Å². The Morgan fingerprint density at radius 1 is 1.19 bits per heavy atom. The van der Waals surface area contributed by atoms with E-state index < -0.39 is 0 Å². The zero-order valence-electron chi connectivity index (χ0n) is 12.2. The Labute approximate surface area is 128 Å². The van der Waals surface area contributed by atoms with Crippen molar-refractivity contribution in [3.8, 4) is 5.95 Å². The van der Waals surface area contributed by atoms with Gasteiger partial charge in [-0.1, -0.05) is 13.8 Å². The Morgan fingerprint density at radius 2 is 2.00 bits per heavy atom. The molecule has 8 heteroatoms. The van der Waals surface area contributed by atoms with Crippen LogP contribution in [-0.2, 0) is 0 Å². The Kier molecular flexibility index (Phi) is 3.71. The molecule has 0 aromatic carbocycles. The molecule has 2 aromatic heterocycles. The number of anilines is 2. The summed E-state index contributed by atoms with van der Waals surface area (Å²) < 4.78 is 2.03. The Balaban J connectivity index is 1.88. The van der Waals surface area contributed by atoms with Gasteiger partial charge in [0.25, 0.3) is 0 Å². The SMILES string of the molecule is CC1(C)CCN(c2nc(N)nc(-n3ccnc3)n2)CCS1. The van der Waals surface area contributed by atoms with Crippen LogP contribution in [0, 0.1) is 0 Å². The normalized spacial score (nSPS) is 18.5. The second-order valence-corrected chi connectivity index (χ2v) is 7.41. The van der Waals surface area contributed by atoms with Crippen molar-refractivity contribution >= 4 is 23.7 Å². The molecule has 2 N–H and O–H groups in total. The lowest BCUT2D eigenvalue weighted by molar-refractivity contribution is 0.630. The maximum absolute atomic E-state index is 5.84. The van der Waals surface area contributed by atoms with Crippen molar-refractivity contribution < 1.29 is 0 Å². The van der Waals surface area contributed by atoms with Crippen LogP contribution in [0.1, 0.15) is 20.3 Å². The summed E-state index contributed by atoms with van der Waals surface area (Å²) in [4.78, 5) is 19.2. The van der Waals surface area contributed by atoms with Gasteiger partial charge in [0, 0.05) is 36.0 Å². The molecule has 0 aliphatic carbocycles. The molecule has 112 valence electrons. The molecular formula is C13H19N7S. The van der Waals surface area contributed by atoms with Crippen molar-refractivity contribution in [1.82, 2.24) is 24.5 Å². The lowest BCUT2D eigenvalue weighted by atomic mass is 10.1. The monoisotopic (exact) mass is 305 g/mol. The van der Waals surface area contributed by atoms with Crippen molar-refractivity contribution in [3.63, 3.8) is 0 Å². The van der Waals surface area contributed by atoms with E-state index in [9.17, 15) is 0 Å². The van der Waals surface area contributed by atoms with Gasteiger partial charge in [-0.15, -0.1) is 0 Å². The van der Waals surface area contributed by atoms with Gasteiger partial charge in [0.15, 0.2) is 0 Å². The van der Waals surface area contributed by atoms with Crippen LogP contribution in [0.4, 0.5) is 11.9 Å². The Hall–Kier alpha value is -1.83. The molecule has 0 bridgehead atoms. The lowest BCUT2D eigenvalue weighted by Gasteiger charge is -2.22. The molecule has 1 saturated heterocycles. The van der Waals surface area contributed by atoms with Crippen LogP contribution in [-0.4, -0.2) is 48.1 Å². The number of hydrogen-bond donors (Lipinski definition) is 1. The lowest BCUT2D eigenvalue weighted by Crippen LogP contribution is -2.29. The smallest absolute Gasteiger partial charge is 0.241 e. The van der Waals surface area contributed by atoms with Gasteiger partial charge in [-0.05, 0) is 6.42 Å². The highest BCUT2D eigenvalue weighted by atomic mass is 32.2. The van der Waals surface area contributed by atoms with E-state index in [0.717, 1.165) is 25.3 Å². The first-order valence-electron chi connectivity index (χ1n) is 6.92. The molecule has 1 aliphatic heterocycles. The van der Waals surface area contributed by atoms with E-state index in [1.807, 2.05) is 11.8 Å². The molecule has 1 fully saturated rings. The van der Waals surface area contributed by atoms with Crippen LogP contribution in [0.25, 0.3) is 5.95 Å². The minimum absolute atomic E-state index is 0.236. The van der Waals surface area contributed by atoms with Gasteiger partial charge in [0.05, 0.1) is 0 Å². The molecule has 3 rings (SSSR count). The third-order valence-electron chi connectivity index (χ3n) is 3.49. The van der Waals surface area contributed by atoms with E-state index in [4.69, 9.17) is 5.73 Å². The number of hydrogen-bond acceptors (Lipinski definition) is 7. The molecule has 0 atom stereocenters. The van der Waals surface area contributed by atoms with E-state index in [1.165, 1.54) is 0 Å². The van der Waals surface area contributed by atoms with Gasteiger partial charge < -0.3 is 10.6 Å². The van der Waals surface area contributed by atoms with Gasteiger partial charge in [0.2, 0.25) is 17.8 Å². The quantitative estimate of drug-likeness (QED) is 0.896. The molecule has 0 amide bonds. The third-order valence-corrected chi connectivity index (χ3v) is 4.86. The fourth-order valence-corrected chi connectivity index (χ4v) is 3.32. The van der Waals surface area contributed by atoms with E-state index in [2.05, 4.69) is 38.7 Å². The van der Waals surface area contributed by atoms with Crippen LogP contribution >= 0.6 is 11.8 Å². The standard InChI is InChI=1S/C13H19N7S/c1-13(2)3-5-19(7-8-21-13)11-16-10(14)17-12(18-11)20-6-4-15-9-20/h4,6,9H,3,5,7-8H2,1-2H3,(H2,14,16,17,18). The van der Waals surface area contributed by atoms with Crippen molar-refractivity contribution in [1.29, 1.82) is 0 Å². The first-order chi connectivity index (χ1) is 10.0. The fourth-order valence-electron chi connectivity index (χ4n) is 2.22. The summed E-state index contributed by atoms with van der Waals surface area (Å²) in [6.07, 6.45) is 6.22. The number of aromatic nitrogens is 5. The largest absolute Gasteiger partial charge is 0.368 e. The van der Waals surface area contributed by atoms with Crippen LogP contribution in [0.5, 0.6) is 0 Å². The number of imidazole rings is 1. The van der Waals surface area contributed by atoms with Crippen LogP contribution in [0.3, 0.4) is 0 Å². The fraction of sp³-hybridized carbons (Fsp3) is 0.538. The summed E-state index contributed by atoms with van der Waals surface area (Å²) in [7, 11) is 0. The summed E-state index contributed by atoms with van der Waals surface area (Å²) in [6, 6.07) is 0. The predicted molar refractivity (Wildman–Crippen MR) is 84.7 cm³/mol. The van der Waals surface area contributed by atoms with E-state index >= 15 is 0 Å². The third kappa shape index (κ3) is 3.26. The van der Waals surface area contributed by atoms with E-state index in [-0.39, 0.29) is 5.95 Å². The number of nitrogens with zero attached hydrogens (tertiary/aromatic N) is 6. The zero-order chi connectivity index (χ0) is 14.9. The number of nitrogens with two attached hydrogens (primary N) is 1.